The Bertz CT molecular complexity index is 1320. The summed E-state index contributed by atoms with van der Waals surface area (Å²) in [6.07, 6.45) is -0.341. The average molecular weight is 484 g/mol. The summed E-state index contributed by atoms with van der Waals surface area (Å²) >= 11 is 0. The maximum absolute atomic E-state index is 12.8. The number of rotatable bonds is 7. The van der Waals surface area contributed by atoms with Crippen LogP contribution in [0.5, 0.6) is 17.2 Å². The lowest BCUT2D eigenvalue weighted by Gasteiger charge is -2.29. The number of nitro benzene ring substituents is 1. The van der Waals surface area contributed by atoms with E-state index < -0.39 is 15.0 Å². The standard InChI is InChI=1S/C23H20N2O8S/c1-24(14-19-15-31-21-7-2-3-8-22(21)32-19)23(26)16-9-11-18(12-10-16)33-34(29,30)20-6-4-5-17(13-20)25(27)28/h2-13,19H,14-15H2,1H3. The molecule has 1 heterocycles. The van der Waals surface area contributed by atoms with Crippen LogP contribution in [-0.4, -0.2) is 50.5 Å². The highest BCUT2D eigenvalue weighted by Gasteiger charge is 2.25. The third-order valence-corrected chi connectivity index (χ3v) is 6.26. The van der Waals surface area contributed by atoms with Crippen molar-refractivity contribution in [3.63, 3.8) is 0 Å². The van der Waals surface area contributed by atoms with Crippen LogP contribution in [0.15, 0.2) is 77.7 Å². The highest BCUT2D eigenvalue weighted by Crippen LogP contribution is 2.31. The molecular formula is C23H20N2O8S. The number of hydrogen-bond donors (Lipinski definition) is 0. The first-order chi connectivity index (χ1) is 16.2. The monoisotopic (exact) mass is 484 g/mol. The molecule has 0 saturated carbocycles. The van der Waals surface area contributed by atoms with E-state index in [9.17, 15) is 23.3 Å². The van der Waals surface area contributed by atoms with Crippen LogP contribution >= 0.6 is 0 Å². The van der Waals surface area contributed by atoms with Crippen molar-refractivity contribution in [1.29, 1.82) is 0 Å². The van der Waals surface area contributed by atoms with Gasteiger partial charge >= 0.3 is 10.1 Å². The van der Waals surface area contributed by atoms with E-state index >= 15 is 0 Å². The van der Waals surface area contributed by atoms with Gasteiger partial charge in [-0.05, 0) is 42.5 Å². The van der Waals surface area contributed by atoms with E-state index in [0.717, 1.165) is 6.07 Å². The molecule has 1 unspecified atom stereocenters. The van der Waals surface area contributed by atoms with E-state index in [1.807, 2.05) is 18.2 Å². The summed E-state index contributed by atoms with van der Waals surface area (Å²) < 4.78 is 41.5. The summed E-state index contributed by atoms with van der Waals surface area (Å²) in [7, 11) is -2.66. The van der Waals surface area contributed by atoms with Gasteiger partial charge in [-0.2, -0.15) is 8.42 Å². The molecule has 176 valence electrons. The number of ether oxygens (including phenoxy) is 2. The first kappa shape index (κ1) is 23.1. The number of non-ortho nitro benzene ring substituents is 1. The minimum absolute atomic E-state index is 0.0358. The predicted octanol–water partition coefficient (Wildman–Crippen LogP) is 3.27. The minimum Gasteiger partial charge on any atom is -0.486 e. The van der Waals surface area contributed by atoms with E-state index in [0.29, 0.717) is 23.7 Å². The smallest absolute Gasteiger partial charge is 0.339 e. The van der Waals surface area contributed by atoms with Gasteiger partial charge in [0.1, 0.15) is 17.3 Å². The molecule has 1 atom stereocenters. The number of benzene rings is 3. The molecule has 0 bridgehead atoms. The Balaban J connectivity index is 1.39. The SMILES string of the molecule is CN(CC1COc2ccccc2O1)C(=O)c1ccc(OS(=O)(=O)c2cccc([N+](=O)[O-])c2)cc1. The number of fused-ring (bicyclic) bond motifs is 1. The summed E-state index contributed by atoms with van der Waals surface area (Å²) in [5.74, 6) is 0.941. The third kappa shape index (κ3) is 5.09. The minimum atomic E-state index is -4.29. The van der Waals surface area contributed by atoms with Crippen molar-refractivity contribution in [3.05, 3.63) is 88.5 Å². The first-order valence-electron chi connectivity index (χ1n) is 10.2. The van der Waals surface area contributed by atoms with Gasteiger partial charge in [-0.15, -0.1) is 0 Å². The maximum atomic E-state index is 12.8. The molecule has 34 heavy (non-hydrogen) atoms. The molecule has 3 aromatic carbocycles. The van der Waals surface area contributed by atoms with E-state index in [-0.39, 0.29) is 34.9 Å². The zero-order valence-electron chi connectivity index (χ0n) is 18.0. The first-order valence-corrected chi connectivity index (χ1v) is 11.6. The highest BCUT2D eigenvalue weighted by molar-refractivity contribution is 7.87. The van der Waals surface area contributed by atoms with Gasteiger partial charge in [0.05, 0.1) is 11.5 Å². The van der Waals surface area contributed by atoms with E-state index in [4.69, 9.17) is 13.7 Å². The van der Waals surface area contributed by atoms with Crippen molar-refractivity contribution in [2.45, 2.75) is 11.0 Å². The lowest BCUT2D eigenvalue weighted by atomic mass is 10.2. The van der Waals surface area contributed by atoms with Crippen molar-refractivity contribution >= 4 is 21.7 Å². The molecule has 11 heteroatoms. The molecule has 0 saturated heterocycles. The lowest BCUT2D eigenvalue weighted by Crippen LogP contribution is -2.41. The maximum Gasteiger partial charge on any atom is 0.339 e. The summed E-state index contributed by atoms with van der Waals surface area (Å²) in [6, 6.07) is 17.4. The van der Waals surface area contributed by atoms with Crippen molar-refractivity contribution in [1.82, 2.24) is 4.90 Å². The zero-order valence-corrected chi connectivity index (χ0v) is 18.8. The van der Waals surface area contributed by atoms with Gasteiger partial charge in [0, 0.05) is 24.7 Å². The van der Waals surface area contributed by atoms with Crippen molar-refractivity contribution < 1.29 is 31.8 Å². The Morgan fingerprint density at radius 2 is 1.79 bits per heavy atom. The Hall–Kier alpha value is -4.12. The quantitative estimate of drug-likeness (QED) is 0.284. The molecule has 0 aliphatic carbocycles. The van der Waals surface area contributed by atoms with Gasteiger partial charge in [-0.25, -0.2) is 0 Å². The van der Waals surface area contributed by atoms with Gasteiger partial charge < -0.3 is 18.6 Å². The summed E-state index contributed by atoms with van der Waals surface area (Å²) in [6.45, 7) is 0.587. The molecule has 1 amide bonds. The number of likely N-dealkylation sites (N-methyl/N-ethyl adjacent to an activating group) is 1. The second-order valence-corrected chi connectivity index (χ2v) is 9.05. The molecule has 0 N–H and O–H groups in total. The van der Waals surface area contributed by atoms with Crippen LogP contribution in [0.25, 0.3) is 0 Å². The fourth-order valence-corrected chi connectivity index (χ4v) is 4.31. The number of carbonyl (C=O) groups excluding carboxylic acids is 1. The van der Waals surface area contributed by atoms with Crippen LogP contribution in [0, 0.1) is 10.1 Å². The predicted molar refractivity (Wildman–Crippen MR) is 121 cm³/mol. The Labute approximate surface area is 195 Å². The van der Waals surface area contributed by atoms with Crippen LogP contribution in [0.3, 0.4) is 0 Å². The van der Waals surface area contributed by atoms with E-state index in [1.54, 1.807) is 13.1 Å². The lowest BCUT2D eigenvalue weighted by molar-refractivity contribution is -0.385. The van der Waals surface area contributed by atoms with Crippen LogP contribution in [0.4, 0.5) is 5.69 Å². The topological polar surface area (TPSA) is 125 Å². The molecule has 1 aliphatic heterocycles. The average Bonchev–Trinajstić information content (AvgIpc) is 2.84. The molecule has 0 spiro atoms. The summed E-state index contributed by atoms with van der Waals surface area (Å²) in [4.78, 5) is 24.1. The Morgan fingerprint density at radius 1 is 1.09 bits per heavy atom. The second kappa shape index (κ2) is 9.40. The van der Waals surface area contributed by atoms with Crippen molar-refractivity contribution in [3.8, 4) is 17.2 Å². The van der Waals surface area contributed by atoms with Crippen LogP contribution in [0.2, 0.25) is 0 Å². The molecule has 4 rings (SSSR count). The number of nitro groups is 1. The van der Waals surface area contributed by atoms with Gasteiger partial charge in [-0.3, -0.25) is 14.9 Å². The molecule has 0 fully saturated rings. The number of carbonyl (C=O) groups is 1. The normalized spacial score (nSPS) is 14.8. The highest BCUT2D eigenvalue weighted by atomic mass is 32.2. The van der Waals surface area contributed by atoms with E-state index in [1.165, 1.54) is 47.4 Å². The number of para-hydroxylation sites is 2. The largest absolute Gasteiger partial charge is 0.486 e. The van der Waals surface area contributed by atoms with Gasteiger partial charge in [0.15, 0.2) is 17.6 Å². The molecule has 0 radical (unpaired) electrons. The van der Waals surface area contributed by atoms with Gasteiger partial charge in [-0.1, -0.05) is 18.2 Å². The third-order valence-electron chi connectivity index (χ3n) is 5.02. The molecule has 3 aromatic rings. The van der Waals surface area contributed by atoms with Gasteiger partial charge in [0.2, 0.25) is 0 Å². The summed E-state index contributed by atoms with van der Waals surface area (Å²) in [5, 5.41) is 10.9. The Kier molecular flexibility index (Phi) is 6.37. The molecule has 0 aromatic heterocycles. The molecule has 10 nitrogen and oxygen atoms in total. The van der Waals surface area contributed by atoms with Crippen molar-refractivity contribution in [2.24, 2.45) is 0 Å². The zero-order chi connectivity index (χ0) is 24.3. The van der Waals surface area contributed by atoms with Crippen molar-refractivity contribution in [2.75, 3.05) is 20.2 Å². The number of hydrogen-bond acceptors (Lipinski definition) is 8. The number of amides is 1. The fraction of sp³-hybridized carbons (Fsp3) is 0.174. The second-order valence-electron chi connectivity index (χ2n) is 7.50. The Morgan fingerprint density at radius 3 is 2.50 bits per heavy atom. The fourth-order valence-electron chi connectivity index (χ4n) is 3.34. The van der Waals surface area contributed by atoms with Crippen LogP contribution < -0.4 is 13.7 Å². The van der Waals surface area contributed by atoms with Gasteiger partial charge in [0.25, 0.3) is 11.6 Å². The molecule has 1 aliphatic rings. The summed E-state index contributed by atoms with van der Waals surface area (Å²) in [5.41, 5.74) is -0.0517. The van der Waals surface area contributed by atoms with E-state index in [2.05, 4.69) is 0 Å². The van der Waals surface area contributed by atoms with Crippen LogP contribution in [-0.2, 0) is 10.1 Å². The van der Waals surface area contributed by atoms with Crippen LogP contribution in [0.1, 0.15) is 10.4 Å². The number of nitrogens with zero attached hydrogens (tertiary/aromatic N) is 2. The molecular weight excluding hydrogens is 464 g/mol.